The van der Waals surface area contributed by atoms with Crippen LogP contribution in [0.25, 0.3) is 0 Å². The number of hydrogen-bond donors (Lipinski definition) is 0. The molecule has 0 aliphatic carbocycles. The molecule has 0 fully saturated rings. The number of rotatable bonds is 6. The Hall–Kier alpha value is 0.283. The molecule has 0 aromatic heterocycles. The van der Waals surface area contributed by atoms with Gasteiger partial charge in [0.15, 0.2) is 0 Å². The van der Waals surface area contributed by atoms with Crippen molar-refractivity contribution in [1.29, 1.82) is 0 Å². The summed E-state index contributed by atoms with van der Waals surface area (Å²) in [6, 6.07) is 0. The van der Waals surface area contributed by atoms with Gasteiger partial charge in [-0.15, -0.1) is 6.58 Å². The van der Waals surface area contributed by atoms with Gasteiger partial charge in [-0.3, -0.25) is 0 Å². The van der Waals surface area contributed by atoms with Crippen molar-refractivity contribution in [3.05, 3.63) is 12.7 Å². The van der Waals surface area contributed by atoms with Gasteiger partial charge in [0.1, 0.15) is 0 Å². The average Bonchev–Trinajstić information content (AvgIpc) is 1.89. The summed E-state index contributed by atoms with van der Waals surface area (Å²) in [6.45, 7) is 5.92. The van der Waals surface area contributed by atoms with E-state index in [-0.39, 0.29) is 17.6 Å². The molecule has 0 amide bonds. The SMILES string of the molecule is C=CCCCCCCC.[Ge]. The summed E-state index contributed by atoms with van der Waals surface area (Å²) in [5.41, 5.74) is 0. The molecule has 0 aromatic carbocycles. The van der Waals surface area contributed by atoms with E-state index in [0.717, 1.165) is 0 Å². The third-order valence-corrected chi connectivity index (χ3v) is 1.51. The van der Waals surface area contributed by atoms with Crippen molar-refractivity contribution in [2.24, 2.45) is 0 Å². The van der Waals surface area contributed by atoms with Crippen LogP contribution in [0.3, 0.4) is 0 Å². The summed E-state index contributed by atoms with van der Waals surface area (Å²) >= 11 is 0. The Morgan fingerprint density at radius 2 is 1.70 bits per heavy atom. The number of allylic oxidation sites excluding steroid dienone is 1. The van der Waals surface area contributed by atoms with Gasteiger partial charge in [-0.05, 0) is 12.8 Å². The molecule has 58 valence electrons. The minimum absolute atomic E-state index is 0. The van der Waals surface area contributed by atoms with Gasteiger partial charge in [0, 0.05) is 17.6 Å². The summed E-state index contributed by atoms with van der Waals surface area (Å²) in [4.78, 5) is 0. The van der Waals surface area contributed by atoms with E-state index in [9.17, 15) is 0 Å². The van der Waals surface area contributed by atoms with Crippen LogP contribution >= 0.6 is 0 Å². The van der Waals surface area contributed by atoms with Gasteiger partial charge in [0.2, 0.25) is 0 Å². The molecule has 1 heteroatoms. The van der Waals surface area contributed by atoms with Crippen molar-refractivity contribution >= 4 is 17.6 Å². The van der Waals surface area contributed by atoms with Crippen LogP contribution in [0.1, 0.15) is 45.4 Å². The Morgan fingerprint density at radius 1 is 1.10 bits per heavy atom. The summed E-state index contributed by atoms with van der Waals surface area (Å²) in [5, 5.41) is 0. The molecule has 0 unspecified atom stereocenters. The van der Waals surface area contributed by atoms with Gasteiger partial charge in [-0.25, -0.2) is 0 Å². The Morgan fingerprint density at radius 3 is 2.20 bits per heavy atom. The van der Waals surface area contributed by atoms with Crippen LogP contribution in [0.4, 0.5) is 0 Å². The first-order valence-electron chi connectivity index (χ1n) is 4.02. The van der Waals surface area contributed by atoms with Gasteiger partial charge in [0.25, 0.3) is 0 Å². The van der Waals surface area contributed by atoms with Crippen molar-refractivity contribution in [2.75, 3.05) is 0 Å². The smallest absolute Gasteiger partial charge is 0 e. The summed E-state index contributed by atoms with van der Waals surface area (Å²) < 4.78 is 0. The van der Waals surface area contributed by atoms with Gasteiger partial charge in [0.05, 0.1) is 0 Å². The fourth-order valence-electron chi connectivity index (χ4n) is 0.892. The molecule has 0 aliphatic heterocycles. The third-order valence-electron chi connectivity index (χ3n) is 1.51. The maximum Gasteiger partial charge on any atom is 0 e. The number of hydrogen-bond acceptors (Lipinski definition) is 0. The van der Waals surface area contributed by atoms with Gasteiger partial charge >= 0.3 is 0 Å². The van der Waals surface area contributed by atoms with E-state index >= 15 is 0 Å². The topological polar surface area (TPSA) is 0 Å². The zero-order chi connectivity index (χ0) is 6.95. The molecule has 0 aliphatic rings. The fourth-order valence-corrected chi connectivity index (χ4v) is 0.892. The number of unbranched alkanes of at least 4 members (excludes halogenated alkanes) is 5. The van der Waals surface area contributed by atoms with E-state index in [2.05, 4.69) is 13.5 Å². The van der Waals surface area contributed by atoms with E-state index in [1.165, 1.54) is 38.5 Å². The van der Waals surface area contributed by atoms with E-state index in [1.807, 2.05) is 6.08 Å². The zero-order valence-electron chi connectivity index (χ0n) is 7.03. The first kappa shape index (κ1) is 12.9. The van der Waals surface area contributed by atoms with E-state index in [4.69, 9.17) is 0 Å². The Labute approximate surface area is 76.1 Å². The average molecular weight is 199 g/mol. The van der Waals surface area contributed by atoms with Crippen LogP contribution in [-0.4, -0.2) is 17.6 Å². The third kappa shape index (κ3) is 11.1. The monoisotopic (exact) mass is 200 g/mol. The molecule has 0 rings (SSSR count). The van der Waals surface area contributed by atoms with E-state index < -0.39 is 0 Å². The van der Waals surface area contributed by atoms with Crippen LogP contribution in [0.5, 0.6) is 0 Å². The Kier molecular flexibility index (Phi) is 15.5. The van der Waals surface area contributed by atoms with Crippen LogP contribution in [0.2, 0.25) is 0 Å². The first-order chi connectivity index (χ1) is 4.41. The first-order valence-corrected chi connectivity index (χ1v) is 4.02. The van der Waals surface area contributed by atoms with Gasteiger partial charge in [-0.1, -0.05) is 38.7 Å². The maximum atomic E-state index is 3.68. The summed E-state index contributed by atoms with van der Waals surface area (Å²) in [7, 11) is 0. The molecule has 0 N–H and O–H groups in total. The standard InChI is InChI=1S/C9H18.Ge/c1-3-5-7-9-8-6-4-2;/h3H,1,4-9H2,2H3;. The van der Waals surface area contributed by atoms with Crippen LogP contribution in [-0.2, 0) is 0 Å². The van der Waals surface area contributed by atoms with Crippen molar-refractivity contribution < 1.29 is 0 Å². The van der Waals surface area contributed by atoms with E-state index in [1.54, 1.807) is 0 Å². The Balaban J connectivity index is 0. The van der Waals surface area contributed by atoms with Crippen LogP contribution in [0.15, 0.2) is 12.7 Å². The molecule has 0 aromatic rings. The van der Waals surface area contributed by atoms with E-state index in [0.29, 0.717) is 0 Å². The molecular formula is C9H18Ge. The second-order valence-corrected chi connectivity index (χ2v) is 2.49. The van der Waals surface area contributed by atoms with Crippen molar-refractivity contribution in [1.82, 2.24) is 0 Å². The minimum Gasteiger partial charge on any atom is -0.103 e. The molecule has 0 nitrogen and oxygen atoms in total. The predicted molar refractivity (Wildman–Crippen MR) is 49.3 cm³/mol. The maximum absolute atomic E-state index is 3.68. The molecule has 0 atom stereocenters. The molecule has 4 radical (unpaired) electrons. The van der Waals surface area contributed by atoms with Crippen LogP contribution < -0.4 is 0 Å². The van der Waals surface area contributed by atoms with Gasteiger partial charge in [-0.2, -0.15) is 0 Å². The Bertz CT molecular complexity index is 59.7. The quantitative estimate of drug-likeness (QED) is 0.350. The molecule has 0 saturated carbocycles. The summed E-state index contributed by atoms with van der Waals surface area (Å²) in [5.74, 6) is 0. The largest absolute Gasteiger partial charge is 0.103 e. The van der Waals surface area contributed by atoms with Crippen molar-refractivity contribution in [2.45, 2.75) is 45.4 Å². The second-order valence-electron chi connectivity index (χ2n) is 2.49. The zero-order valence-corrected chi connectivity index (χ0v) is 9.13. The molecular weight excluding hydrogens is 181 g/mol. The molecule has 0 heterocycles. The normalized spacial score (nSPS) is 8.50. The minimum atomic E-state index is 0. The fraction of sp³-hybridized carbons (Fsp3) is 0.778. The summed E-state index contributed by atoms with van der Waals surface area (Å²) in [6.07, 6.45) is 10.1. The molecule has 10 heavy (non-hydrogen) atoms. The van der Waals surface area contributed by atoms with Crippen molar-refractivity contribution in [3.63, 3.8) is 0 Å². The second kappa shape index (κ2) is 12.0. The predicted octanol–water partition coefficient (Wildman–Crippen LogP) is 3.15. The van der Waals surface area contributed by atoms with Crippen molar-refractivity contribution in [3.8, 4) is 0 Å². The van der Waals surface area contributed by atoms with Gasteiger partial charge < -0.3 is 0 Å². The van der Waals surface area contributed by atoms with Crippen LogP contribution in [0, 0.1) is 0 Å². The molecule has 0 saturated heterocycles. The molecule has 0 bridgehead atoms. The molecule has 0 spiro atoms.